The summed E-state index contributed by atoms with van der Waals surface area (Å²) in [6, 6.07) is 18.6. The molecule has 0 saturated carbocycles. The molecule has 1 aliphatic heterocycles. The standard InChI is InChI=1S/C16H15NO/c18-14-10-13-8-4-5-9-15(13)16(17-11-14)12-6-2-1-3-7-12/h1-9,16-17H,10-11H2. The number of nitrogens with one attached hydrogen (secondary N) is 1. The highest BCUT2D eigenvalue weighted by Crippen LogP contribution is 2.27. The number of carbonyl (C=O) groups is 1. The van der Waals surface area contributed by atoms with E-state index in [1.807, 2.05) is 30.3 Å². The Hall–Kier alpha value is -1.93. The summed E-state index contributed by atoms with van der Waals surface area (Å²) in [6.45, 7) is 0.439. The van der Waals surface area contributed by atoms with Crippen LogP contribution in [0, 0.1) is 0 Å². The summed E-state index contributed by atoms with van der Waals surface area (Å²) in [7, 11) is 0. The van der Waals surface area contributed by atoms with Gasteiger partial charge < -0.3 is 0 Å². The van der Waals surface area contributed by atoms with Crippen molar-refractivity contribution in [2.24, 2.45) is 0 Å². The van der Waals surface area contributed by atoms with Crippen molar-refractivity contribution in [1.29, 1.82) is 0 Å². The Morgan fingerprint density at radius 3 is 2.50 bits per heavy atom. The molecule has 0 aliphatic carbocycles. The molecule has 90 valence electrons. The Balaban J connectivity index is 2.08. The van der Waals surface area contributed by atoms with Crippen molar-refractivity contribution in [1.82, 2.24) is 5.32 Å². The van der Waals surface area contributed by atoms with E-state index in [-0.39, 0.29) is 11.8 Å². The molecule has 1 unspecified atom stereocenters. The van der Waals surface area contributed by atoms with Crippen LogP contribution in [0.25, 0.3) is 0 Å². The summed E-state index contributed by atoms with van der Waals surface area (Å²) in [5.41, 5.74) is 3.57. The Kier molecular flexibility index (Phi) is 2.95. The van der Waals surface area contributed by atoms with Crippen LogP contribution >= 0.6 is 0 Å². The highest BCUT2D eigenvalue weighted by molar-refractivity contribution is 5.84. The molecule has 1 heterocycles. The first kappa shape index (κ1) is 11.2. The van der Waals surface area contributed by atoms with Gasteiger partial charge in [-0.2, -0.15) is 0 Å². The molecule has 0 saturated heterocycles. The normalized spacial score (nSPS) is 19.1. The number of rotatable bonds is 1. The Morgan fingerprint density at radius 1 is 0.944 bits per heavy atom. The van der Waals surface area contributed by atoms with Crippen molar-refractivity contribution in [2.75, 3.05) is 6.54 Å². The lowest BCUT2D eigenvalue weighted by Crippen LogP contribution is -2.25. The van der Waals surface area contributed by atoms with E-state index >= 15 is 0 Å². The van der Waals surface area contributed by atoms with Gasteiger partial charge in [-0.3, -0.25) is 10.1 Å². The molecule has 0 spiro atoms. The molecule has 0 aromatic heterocycles. The first-order chi connectivity index (χ1) is 8.84. The van der Waals surface area contributed by atoms with Crippen LogP contribution in [0.5, 0.6) is 0 Å². The third kappa shape index (κ3) is 2.07. The van der Waals surface area contributed by atoms with Crippen LogP contribution in [-0.4, -0.2) is 12.3 Å². The van der Waals surface area contributed by atoms with Crippen LogP contribution in [0.1, 0.15) is 22.7 Å². The maximum atomic E-state index is 11.8. The molecular weight excluding hydrogens is 222 g/mol. The predicted octanol–water partition coefficient (Wildman–Crippen LogP) is 2.49. The molecule has 18 heavy (non-hydrogen) atoms. The van der Waals surface area contributed by atoms with Gasteiger partial charge in [-0.15, -0.1) is 0 Å². The zero-order chi connectivity index (χ0) is 12.4. The molecule has 1 N–H and O–H groups in total. The first-order valence-electron chi connectivity index (χ1n) is 6.22. The average molecular weight is 237 g/mol. The molecule has 0 fully saturated rings. The zero-order valence-corrected chi connectivity index (χ0v) is 10.1. The summed E-state index contributed by atoms with van der Waals surface area (Å²) in [5, 5.41) is 3.35. The van der Waals surface area contributed by atoms with Gasteiger partial charge in [0.25, 0.3) is 0 Å². The van der Waals surface area contributed by atoms with Crippen molar-refractivity contribution < 1.29 is 4.79 Å². The van der Waals surface area contributed by atoms with E-state index in [1.165, 1.54) is 11.1 Å². The molecule has 2 nitrogen and oxygen atoms in total. The number of Topliss-reactive ketones (excluding diaryl/α,β-unsaturated/α-hetero) is 1. The fourth-order valence-corrected chi connectivity index (χ4v) is 2.52. The van der Waals surface area contributed by atoms with Crippen LogP contribution in [-0.2, 0) is 11.2 Å². The van der Waals surface area contributed by atoms with Crippen molar-refractivity contribution in [3.63, 3.8) is 0 Å². The van der Waals surface area contributed by atoms with Crippen LogP contribution in [0.2, 0.25) is 0 Å². The van der Waals surface area contributed by atoms with E-state index in [2.05, 4.69) is 29.6 Å². The maximum Gasteiger partial charge on any atom is 0.151 e. The second-order valence-corrected chi connectivity index (χ2v) is 4.64. The van der Waals surface area contributed by atoms with Crippen molar-refractivity contribution >= 4 is 5.78 Å². The SMILES string of the molecule is O=C1CNC(c2ccccc2)c2ccccc2C1. The van der Waals surface area contributed by atoms with E-state index in [0.29, 0.717) is 13.0 Å². The number of fused-ring (bicyclic) bond motifs is 1. The van der Waals surface area contributed by atoms with E-state index in [1.54, 1.807) is 0 Å². The van der Waals surface area contributed by atoms with E-state index < -0.39 is 0 Å². The monoisotopic (exact) mass is 237 g/mol. The van der Waals surface area contributed by atoms with Gasteiger partial charge in [0, 0.05) is 6.42 Å². The lowest BCUT2D eigenvalue weighted by atomic mass is 9.94. The van der Waals surface area contributed by atoms with Crippen LogP contribution in [0.3, 0.4) is 0 Å². The molecule has 1 atom stereocenters. The van der Waals surface area contributed by atoms with Gasteiger partial charge in [0.1, 0.15) is 0 Å². The highest BCUT2D eigenvalue weighted by Gasteiger charge is 2.22. The molecular formula is C16H15NO. The smallest absolute Gasteiger partial charge is 0.151 e. The number of ketones is 1. The van der Waals surface area contributed by atoms with E-state index in [0.717, 1.165) is 5.56 Å². The number of hydrogen-bond acceptors (Lipinski definition) is 2. The van der Waals surface area contributed by atoms with Gasteiger partial charge in [0.15, 0.2) is 5.78 Å². The van der Waals surface area contributed by atoms with Gasteiger partial charge in [0.05, 0.1) is 12.6 Å². The van der Waals surface area contributed by atoms with E-state index in [9.17, 15) is 4.79 Å². The van der Waals surface area contributed by atoms with Crippen molar-refractivity contribution in [3.8, 4) is 0 Å². The summed E-state index contributed by atoms with van der Waals surface area (Å²) >= 11 is 0. The van der Waals surface area contributed by atoms with Crippen LogP contribution < -0.4 is 5.32 Å². The quantitative estimate of drug-likeness (QED) is 0.825. The largest absolute Gasteiger partial charge is 0.299 e. The molecule has 2 aromatic rings. The first-order valence-corrected chi connectivity index (χ1v) is 6.22. The van der Waals surface area contributed by atoms with Crippen molar-refractivity contribution in [2.45, 2.75) is 12.5 Å². The summed E-state index contributed by atoms with van der Waals surface area (Å²) in [5.74, 6) is 0.251. The summed E-state index contributed by atoms with van der Waals surface area (Å²) in [6.07, 6.45) is 0.534. The lowest BCUT2D eigenvalue weighted by Gasteiger charge is -2.18. The fourth-order valence-electron chi connectivity index (χ4n) is 2.52. The summed E-state index contributed by atoms with van der Waals surface area (Å²) in [4.78, 5) is 11.8. The zero-order valence-electron chi connectivity index (χ0n) is 10.1. The second kappa shape index (κ2) is 4.75. The Bertz CT molecular complexity index is 562. The van der Waals surface area contributed by atoms with Gasteiger partial charge in [0.2, 0.25) is 0 Å². The average Bonchev–Trinajstić information content (AvgIpc) is 2.58. The second-order valence-electron chi connectivity index (χ2n) is 4.64. The van der Waals surface area contributed by atoms with Crippen LogP contribution in [0.15, 0.2) is 54.6 Å². The molecule has 2 aromatic carbocycles. The predicted molar refractivity (Wildman–Crippen MR) is 71.4 cm³/mol. The van der Waals surface area contributed by atoms with Gasteiger partial charge in [-0.25, -0.2) is 0 Å². The molecule has 0 amide bonds. The fraction of sp³-hybridized carbons (Fsp3) is 0.188. The lowest BCUT2D eigenvalue weighted by molar-refractivity contribution is -0.117. The minimum absolute atomic E-state index is 0.119. The highest BCUT2D eigenvalue weighted by atomic mass is 16.1. The van der Waals surface area contributed by atoms with Gasteiger partial charge >= 0.3 is 0 Å². The molecule has 0 radical (unpaired) electrons. The minimum atomic E-state index is 0.119. The van der Waals surface area contributed by atoms with Crippen LogP contribution in [0.4, 0.5) is 0 Å². The molecule has 2 heteroatoms. The number of hydrogen-bond donors (Lipinski definition) is 1. The Morgan fingerprint density at radius 2 is 1.67 bits per heavy atom. The van der Waals surface area contributed by atoms with Crippen molar-refractivity contribution in [3.05, 3.63) is 71.3 Å². The molecule has 1 aliphatic rings. The topological polar surface area (TPSA) is 29.1 Å². The summed E-state index contributed by atoms with van der Waals surface area (Å²) < 4.78 is 0. The third-order valence-corrected chi connectivity index (χ3v) is 3.39. The molecule has 3 rings (SSSR count). The van der Waals surface area contributed by atoms with Gasteiger partial charge in [-0.1, -0.05) is 54.6 Å². The van der Waals surface area contributed by atoms with Gasteiger partial charge in [-0.05, 0) is 16.7 Å². The maximum absolute atomic E-state index is 11.8. The molecule has 0 bridgehead atoms. The minimum Gasteiger partial charge on any atom is -0.299 e. The number of benzene rings is 2. The Labute approximate surface area is 107 Å². The third-order valence-electron chi connectivity index (χ3n) is 3.39. The number of carbonyl (C=O) groups excluding carboxylic acids is 1. The van der Waals surface area contributed by atoms with E-state index in [4.69, 9.17) is 0 Å².